The van der Waals surface area contributed by atoms with Crippen LogP contribution in [0.5, 0.6) is 5.75 Å². The van der Waals surface area contributed by atoms with Gasteiger partial charge in [-0.3, -0.25) is 0 Å². The van der Waals surface area contributed by atoms with E-state index in [1.807, 2.05) is 85.3 Å². The van der Waals surface area contributed by atoms with Crippen LogP contribution in [0.1, 0.15) is 11.4 Å². The molecule has 51 heavy (non-hydrogen) atoms. The number of thioether (sulfide) groups is 2. The Morgan fingerprint density at radius 1 is 0.471 bits per heavy atom. The summed E-state index contributed by atoms with van der Waals surface area (Å²) in [5.74, 6) is 0.729. The van der Waals surface area contributed by atoms with Gasteiger partial charge in [0.2, 0.25) is 0 Å². The number of hydrogen-bond acceptors (Lipinski definition) is 8. The van der Waals surface area contributed by atoms with Crippen LogP contribution >= 0.6 is 69.9 Å². The van der Waals surface area contributed by atoms with E-state index in [4.69, 9.17) is 56.1 Å². The summed E-state index contributed by atoms with van der Waals surface area (Å²) in [7, 11) is 1.64. The monoisotopic (exact) mass is 788 g/mol. The van der Waals surface area contributed by atoms with E-state index < -0.39 is 0 Å². The topological polar surface area (TPSA) is 121 Å². The number of H-pyrrole nitrogens is 3. The second-order valence-corrected chi connectivity index (χ2v) is 14.2. The zero-order valence-corrected chi connectivity index (χ0v) is 31.6. The molecule has 1 aromatic carbocycles. The van der Waals surface area contributed by atoms with Gasteiger partial charge in [0.25, 0.3) is 0 Å². The normalized spacial score (nSPS) is 11.9. The molecule has 8 rings (SSSR count). The van der Waals surface area contributed by atoms with Gasteiger partial charge in [-0.25, -0.2) is 24.9 Å². The van der Waals surface area contributed by atoms with Crippen molar-refractivity contribution in [2.45, 2.75) is 10.3 Å². The van der Waals surface area contributed by atoms with Crippen molar-refractivity contribution in [3.8, 4) is 39.1 Å². The van der Waals surface area contributed by atoms with E-state index >= 15 is 0 Å². The Hall–Kier alpha value is -4.23. The molecule has 0 radical (unpaired) electrons. The van der Waals surface area contributed by atoms with E-state index in [0.29, 0.717) is 49.5 Å². The summed E-state index contributed by atoms with van der Waals surface area (Å²) in [6.07, 6.45) is 7.64. The van der Waals surface area contributed by atoms with Crippen LogP contribution < -0.4 is 4.74 Å². The fraction of sp³-hybridized carbons (Fsp3) is 0.0833. The molecule has 254 valence electrons. The van der Waals surface area contributed by atoms with E-state index in [1.165, 1.54) is 23.5 Å². The summed E-state index contributed by atoms with van der Waals surface area (Å²) >= 11 is 30.2. The van der Waals surface area contributed by atoms with Gasteiger partial charge in [0.1, 0.15) is 26.4 Å². The number of rotatable bonds is 6. The van der Waals surface area contributed by atoms with Crippen LogP contribution in [0, 0.1) is 0 Å². The molecule has 1 aliphatic rings. The summed E-state index contributed by atoms with van der Waals surface area (Å²) in [5, 5.41) is 1.82. The summed E-state index contributed by atoms with van der Waals surface area (Å²) in [5.41, 5.74) is 9.94. The average Bonchev–Trinajstić information content (AvgIpc) is 3.96. The minimum atomic E-state index is 0.214. The third-order valence-electron chi connectivity index (χ3n) is 8.42. The highest BCUT2D eigenvalue weighted by molar-refractivity contribution is 7.98. The predicted octanol–water partition coefficient (Wildman–Crippen LogP) is 11.3. The number of methoxy groups -OCH3 is 1. The van der Waals surface area contributed by atoms with Crippen molar-refractivity contribution < 1.29 is 4.74 Å². The largest absolute Gasteiger partial charge is 0.497 e. The van der Waals surface area contributed by atoms with Crippen LogP contribution in [-0.2, 0) is 0 Å². The molecule has 0 saturated carbocycles. The summed E-state index contributed by atoms with van der Waals surface area (Å²) in [4.78, 5) is 34.0. The number of fused-ring (bicyclic) bond motifs is 9. The highest BCUT2D eigenvalue weighted by Crippen LogP contribution is 2.42. The smallest absolute Gasteiger partial charge is 0.190 e. The zero-order chi connectivity index (χ0) is 35.4. The first kappa shape index (κ1) is 33.9. The molecule has 0 spiro atoms. The Labute approximate surface area is 319 Å². The SMILES string of the molecule is COc1ccc(-c2c3nc(c(-c4c(Cl)nc(SC)nc4Cl)c4ccc([nH]4)c4ccc([nH]4)c(-c4c(Cl)nc(SC)nc4Cl)c4ccc2[nH]4)C=C3)cc1. The number of nitrogens with one attached hydrogen (secondary N) is 3. The molecule has 1 aliphatic heterocycles. The Bertz CT molecular complexity index is 2620. The molecule has 3 N–H and O–H groups in total. The molecular weight excluding hydrogens is 766 g/mol. The minimum Gasteiger partial charge on any atom is -0.497 e. The Balaban J connectivity index is 1.55. The van der Waals surface area contributed by atoms with Gasteiger partial charge in [0.15, 0.2) is 10.3 Å². The lowest BCUT2D eigenvalue weighted by Crippen LogP contribution is -1.95. The van der Waals surface area contributed by atoms with Gasteiger partial charge in [-0.2, -0.15) is 0 Å². The molecule has 7 aromatic rings. The lowest BCUT2D eigenvalue weighted by atomic mass is 10.0. The van der Waals surface area contributed by atoms with Gasteiger partial charge in [-0.05, 0) is 78.8 Å². The maximum atomic E-state index is 6.87. The number of hydrogen-bond donors (Lipinski definition) is 3. The molecule has 8 bridgehead atoms. The third-order valence-corrected chi connectivity index (χ3v) is 10.6. The maximum Gasteiger partial charge on any atom is 0.190 e. The first-order valence-electron chi connectivity index (χ1n) is 15.3. The average molecular weight is 791 g/mol. The summed E-state index contributed by atoms with van der Waals surface area (Å²) in [6, 6.07) is 19.7. The molecule has 0 unspecified atom stereocenters. The van der Waals surface area contributed by atoms with Crippen molar-refractivity contribution in [1.29, 1.82) is 0 Å². The van der Waals surface area contributed by atoms with Gasteiger partial charge in [0.05, 0.1) is 40.7 Å². The van der Waals surface area contributed by atoms with E-state index in [0.717, 1.165) is 44.5 Å². The summed E-state index contributed by atoms with van der Waals surface area (Å²) in [6.45, 7) is 0. The first-order chi connectivity index (χ1) is 24.8. The van der Waals surface area contributed by atoms with Crippen LogP contribution in [0.2, 0.25) is 20.6 Å². The van der Waals surface area contributed by atoms with Crippen LogP contribution in [0.15, 0.2) is 71.0 Å². The zero-order valence-electron chi connectivity index (χ0n) is 26.9. The number of ether oxygens (including phenoxy) is 1. The highest BCUT2D eigenvalue weighted by Gasteiger charge is 2.23. The van der Waals surface area contributed by atoms with Crippen molar-refractivity contribution in [2.75, 3.05) is 19.6 Å². The maximum absolute atomic E-state index is 6.87. The fourth-order valence-electron chi connectivity index (χ4n) is 6.11. The second-order valence-electron chi connectivity index (χ2n) is 11.3. The lowest BCUT2D eigenvalue weighted by Gasteiger charge is -2.09. The fourth-order valence-corrected chi connectivity index (χ4v) is 8.20. The van der Waals surface area contributed by atoms with Crippen molar-refractivity contribution in [3.63, 3.8) is 0 Å². The van der Waals surface area contributed by atoms with Crippen molar-refractivity contribution in [3.05, 3.63) is 92.7 Å². The lowest BCUT2D eigenvalue weighted by molar-refractivity contribution is 0.415. The first-order valence-corrected chi connectivity index (χ1v) is 19.3. The number of aromatic amines is 3. The van der Waals surface area contributed by atoms with Crippen LogP contribution in [0.3, 0.4) is 0 Å². The number of nitrogens with zero attached hydrogens (tertiary/aromatic N) is 5. The van der Waals surface area contributed by atoms with Crippen molar-refractivity contribution in [2.24, 2.45) is 0 Å². The number of aromatic nitrogens is 8. The Kier molecular flexibility index (Phi) is 9.12. The molecule has 0 fully saturated rings. The number of halogens is 4. The number of benzene rings is 1. The van der Waals surface area contributed by atoms with Crippen molar-refractivity contribution in [1.82, 2.24) is 39.9 Å². The molecule has 15 heteroatoms. The van der Waals surface area contributed by atoms with E-state index in [1.54, 1.807) is 7.11 Å². The molecule has 0 atom stereocenters. The van der Waals surface area contributed by atoms with E-state index in [2.05, 4.69) is 34.9 Å². The molecular formula is C36H24Cl4N8OS2. The van der Waals surface area contributed by atoms with Gasteiger partial charge in [0, 0.05) is 38.8 Å². The van der Waals surface area contributed by atoms with Gasteiger partial charge >= 0.3 is 0 Å². The van der Waals surface area contributed by atoms with Gasteiger partial charge in [-0.15, -0.1) is 0 Å². The Morgan fingerprint density at radius 3 is 1.33 bits per heavy atom. The quantitative estimate of drug-likeness (QED) is 0.0865. The van der Waals surface area contributed by atoms with Crippen LogP contribution in [0.4, 0.5) is 0 Å². The van der Waals surface area contributed by atoms with E-state index in [-0.39, 0.29) is 20.6 Å². The predicted molar refractivity (Wildman–Crippen MR) is 213 cm³/mol. The standard InChI is InChI=1S/C36H24Cl4N8OS2/c1-49-17-6-4-16(5-7-17)26-20-12-14-24(43-20)27(29-31(37)45-35(50-2)46-32(29)38)22-10-8-18(41-22)19-9-11-23(42-19)28(25-15-13-21(26)44-25)30-33(39)47-36(51-3)48-34(30)40/h4-15,41-43H,1-3H3. The molecule has 0 saturated heterocycles. The van der Waals surface area contributed by atoms with Crippen molar-refractivity contribution >= 4 is 115 Å². The molecule has 0 amide bonds. The Morgan fingerprint density at radius 2 is 0.863 bits per heavy atom. The van der Waals surface area contributed by atoms with Gasteiger partial charge in [-0.1, -0.05) is 82.1 Å². The minimum absolute atomic E-state index is 0.214. The molecule has 7 heterocycles. The third kappa shape index (κ3) is 6.11. The molecule has 0 aliphatic carbocycles. The van der Waals surface area contributed by atoms with Crippen LogP contribution in [-0.4, -0.2) is 59.5 Å². The second kappa shape index (κ2) is 13.7. The molecule has 6 aromatic heterocycles. The molecule has 9 nitrogen and oxygen atoms in total. The summed E-state index contributed by atoms with van der Waals surface area (Å²) < 4.78 is 5.47. The van der Waals surface area contributed by atoms with Crippen LogP contribution in [0.25, 0.3) is 78.6 Å². The highest BCUT2D eigenvalue weighted by atomic mass is 35.5. The van der Waals surface area contributed by atoms with E-state index in [9.17, 15) is 0 Å². The van der Waals surface area contributed by atoms with Gasteiger partial charge < -0.3 is 19.7 Å².